The van der Waals surface area contributed by atoms with Crippen LogP contribution < -0.4 is 5.73 Å². The maximum absolute atomic E-state index is 13.6. The Balaban J connectivity index is 2.43. The number of carbonyl (C=O) groups excluding carboxylic acids is 1. The van der Waals surface area contributed by atoms with Gasteiger partial charge >= 0.3 is 0 Å². The van der Waals surface area contributed by atoms with Gasteiger partial charge in [0, 0.05) is 11.9 Å². The normalized spacial score (nSPS) is 10.7. The van der Waals surface area contributed by atoms with Gasteiger partial charge in [-0.15, -0.1) is 11.3 Å². The van der Waals surface area contributed by atoms with Crippen molar-refractivity contribution in [1.82, 2.24) is 4.98 Å². The molecule has 18 heavy (non-hydrogen) atoms. The molecule has 0 saturated carbocycles. The topological polar surface area (TPSA) is 56.0 Å². The molecular formula is C12H10F2N2OS. The number of hydrogen-bond acceptors (Lipinski definition) is 4. The molecule has 2 N–H and O–H groups in total. The van der Waals surface area contributed by atoms with Crippen LogP contribution in [0.5, 0.6) is 0 Å². The highest BCUT2D eigenvalue weighted by Gasteiger charge is 2.20. The van der Waals surface area contributed by atoms with Crippen LogP contribution in [0.3, 0.4) is 0 Å². The molecule has 2 rings (SSSR count). The number of rotatable bonds is 3. The van der Waals surface area contributed by atoms with Crippen molar-refractivity contribution < 1.29 is 13.6 Å². The fraction of sp³-hybridized carbons (Fsp3) is 0.167. The van der Waals surface area contributed by atoms with Crippen LogP contribution in [0.2, 0.25) is 0 Å². The molecule has 0 bridgehead atoms. The highest BCUT2D eigenvalue weighted by Crippen LogP contribution is 2.20. The first-order chi connectivity index (χ1) is 8.54. The first kappa shape index (κ1) is 12.8. The standard InChI is InChI=1S/C12H10F2N2OS/c1-6-2-3-7(11(14)10(6)13)12(17)8-5-18-9(4-15)16-8/h2-3,5H,4,15H2,1H3. The molecule has 0 aliphatic heterocycles. The lowest BCUT2D eigenvalue weighted by atomic mass is 10.1. The van der Waals surface area contributed by atoms with Gasteiger partial charge in [-0.1, -0.05) is 6.07 Å². The highest BCUT2D eigenvalue weighted by atomic mass is 32.1. The zero-order valence-corrected chi connectivity index (χ0v) is 10.4. The van der Waals surface area contributed by atoms with Gasteiger partial charge < -0.3 is 5.73 Å². The van der Waals surface area contributed by atoms with E-state index in [0.717, 1.165) is 0 Å². The van der Waals surface area contributed by atoms with Crippen molar-refractivity contribution in [2.45, 2.75) is 13.5 Å². The minimum Gasteiger partial charge on any atom is -0.325 e. The highest BCUT2D eigenvalue weighted by molar-refractivity contribution is 7.09. The number of hydrogen-bond donors (Lipinski definition) is 1. The lowest BCUT2D eigenvalue weighted by Crippen LogP contribution is -2.08. The maximum Gasteiger partial charge on any atom is 0.215 e. The Morgan fingerprint density at radius 3 is 2.72 bits per heavy atom. The minimum absolute atomic E-state index is 0.0857. The molecular weight excluding hydrogens is 258 g/mol. The van der Waals surface area contributed by atoms with Gasteiger partial charge in [0.2, 0.25) is 5.78 Å². The van der Waals surface area contributed by atoms with E-state index in [4.69, 9.17) is 5.73 Å². The molecule has 0 saturated heterocycles. The van der Waals surface area contributed by atoms with Crippen molar-refractivity contribution >= 4 is 17.1 Å². The van der Waals surface area contributed by atoms with Crippen molar-refractivity contribution in [3.63, 3.8) is 0 Å². The zero-order valence-electron chi connectivity index (χ0n) is 9.54. The Bertz CT molecular complexity index is 610. The monoisotopic (exact) mass is 268 g/mol. The van der Waals surface area contributed by atoms with Crippen LogP contribution in [0.1, 0.15) is 26.6 Å². The fourth-order valence-corrected chi connectivity index (χ4v) is 2.12. The summed E-state index contributed by atoms with van der Waals surface area (Å²) in [5, 5.41) is 2.06. The van der Waals surface area contributed by atoms with E-state index in [9.17, 15) is 13.6 Å². The second-order valence-corrected chi connectivity index (χ2v) is 4.66. The van der Waals surface area contributed by atoms with Gasteiger partial charge in [0.25, 0.3) is 0 Å². The lowest BCUT2D eigenvalue weighted by molar-refractivity contribution is 0.103. The molecule has 94 valence electrons. The van der Waals surface area contributed by atoms with Gasteiger partial charge in [0.15, 0.2) is 11.6 Å². The molecule has 0 unspecified atom stereocenters. The van der Waals surface area contributed by atoms with Crippen LogP contribution in [0.15, 0.2) is 17.5 Å². The second-order valence-electron chi connectivity index (χ2n) is 3.72. The average molecular weight is 268 g/mol. The molecule has 0 atom stereocenters. The smallest absolute Gasteiger partial charge is 0.215 e. The van der Waals surface area contributed by atoms with E-state index in [1.54, 1.807) is 0 Å². The van der Waals surface area contributed by atoms with Crippen LogP contribution >= 0.6 is 11.3 Å². The predicted octanol–water partition coefficient (Wildman–Crippen LogP) is 2.42. The summed E-state index contributed by atoms with van der Waals surface area (Å²) in [4.78, 5) is 15.9. The van der Waals surface area contributed by atoms with Crippen molar-refractivity contribution in [3.05, 3.63) is 51.0 Å². The van der Waals surface area contributed by atoms with Crippen molar-refractivity contribution in [3.8, 4) is 0 Å². The van der Waals surface area contributed by atoms with Gasteiger partial charge in [-0.3, -0.25) is 4.79 Å². The fourth-order valence-electron chi connectivity index (χ4n) is 1.47. The van der Waals surface area contributed by atoms with E-state index in [2.05, 4.69) is 4.98 Å². The Kier molecular flexibility index (Phi) is 3.49. The number of ketones is 1. The number of carbonyl (C=O) groups is 1. The van der Waals surface area contributed by atoms with E-state index >= 15 is 0 Å². The molecule has 2 aromatic rings. The third-order valence-electron chi connectivity index (χ3n) is 2.48. The van der Waals surface area contributed by atoms with E-state index in [1.807, 2.05) is 0 Å². The summed E-state index contributed by atoms with van der Waals surface area (Å²) in [6, 6.07) is 2.62. The van der Waals surface area contributed by atoms with Crippen LogP contribution in [-0.4, -0.2) is 10.8 Å². The average Bonchev–Trinajstić information content (AvgIpc) is 2.84. The van der Waals surface area contributed by atoms with E-state index in [1.165, 1.54) is 35.8 Å². The van der Waals surface area contributed by atoms with Gasteiger partial charge in [0.1, 0.15) is 10.7 Å². The van der Waals surface area contributed by atoms with Gasteiger partial charge in [0.05, 0.1) is 5.56 Å². The summed E-state index contributed by atoms with van der Waals surface area (Å²) in [7, 11) is 0. The molecule has 1 aromatic heterocycles. The minimum atomic E-state index is -1.14. The summed E-state index contributed by atoms with van der Waals surface area (Å²) in [5.41, 5.74) is 5.31. The third-order valence-corrected chi connectivity index (χ3v) is 3.35. The number of thiazole rings is 1. The Labute approximate surface area is 106 Å². The maximum atomic E-state index is 13.6. The van der Waals surface area contributed by atoms with Crippen LogP contribution in [-0.2, 0) is 6.54 Å². The molecule has 0 spiro atoms. The Morgan fingerprint density at radius 1 is 1.39 bits per heavy atom. The first-order valence-electron chi connectivity index (χ1n) is 5.18. The summed E-state index contributed by atoms with van der Waals surface area (Å²) in [6.45, 7) is 1.64. The first-order valence-corrected chi connectivity index (χ1v) is 6.06. The van der Waals surface area contributed by atoms with Gasteiger partial charge in [-0.25, -0.2) is 13.8 Å². The summed E-state index contributed by atoms with van der Waals surface area (Å²) in [6.07, 6.45) is 0. The molecule has 0 aliphatic rings. The van der Waals surface area contributed by atoms with Gasteiger partial charge in [-0.05, 0) is 18.6 Å². The predicted molar refractivity (Wildman–Crippen MR) is 64.5 cm³/mol. The van der Waals surface area contributed by atoms with Crippen LogP contribution in [0.25, 0.3) is 0 Å². The Morgan fingerprint density at radius 2 is 2.11 bits per heavy atom. The number of halogens is 2. The molecule has 0 radical (unpaired) electrons. The molecule has 1 aromatic carbocycles. The van der Waals surface area contributed by atoms with Crippen LogP contribution in [0.4, 0.5) is 8.78 Å². The van der Waals surface area contributed by atoms with E-state index in [-0.39, 0.29) is 23.4 Å². The zero-order chi connectivity index (χ0) is 13.3. The molecule has 6 heteroatoms. The molecule has 0 aliphatic carbocycles. The number of nitrogens with zero attached hydrogens (tertiary/aromatic N) is 1. The quantitative estimate of drug-likeness (QED) is 0.870. The van der Waals surface area contributed by atoms with Crippen molar-refractivity contribution in [2.24, 2.45) is 5.73 Å². The van der Waals surface area contributed by atoms with E-state index < -0.39 is 17.4 Å². The third kappa shape index (κ3) is 2.16. The lowest BCUT2D eigenvalue weighted by Gasteiger charge is -2.03. The Hall–Kier alpha value is -1.66. The van der Waals surface area contributed by atoms with Crippen LogP contribution in [0, 0.1) is 18.6 Å². The molecule has 0 fully saturated rings. The summed E-state index contributed by atoms with van der Waals surface area (Å²) >= 11 is 1.21. The number of nitrogens with two attached hydrogens (primary N) is 1. The summed E-state index contributed by atoms with van der Waals surface area (Å²) < 4.78 is 27.0. The molecule has 3 nitrogen and oxygen atoms in total. The van der Waals surface area contributed by atoms with Crippen molar-refractivity contribution in [1.29, 1.82) is 0 Å². The summed E-state index contributed by atoms with van der Waals surface area (Å²) in [5.74, 6) is -2.78. The number of aromatic nitrogens is 1. The largest absolute Gasteiger partial charge is 0.325 e. The van der Waals surface area contributed by atoms with Gasteiger partial charge in [-0.2, -0.15) is 0 Å². The number of aryl methyl sites for hydroxylation is 1. The number of benzene rings is 1. The SMILES string of the molecule is Cc1ccc(C(=O)c2csc(CN)n2)c(F)c1F. The van der Waals surface area contributed by atoms with E-state index in [0.29, 0.717) is 5.01 Å². The second kappa shape index (κ2) is 4.91. The molecule has 0 amide bonds. The molecule has 1 heterocycles. The van der Waals surface area contributed by atoms with Crippen molar-refractivity contribution in [2.75, 3.05) is 0 Å².